The highest BCUT2D eigenvalue weighted by molar-refractivity contribution is 6.32. The Hall–Kier alpha value is -2.93. The van der Waals surface area contributed by atoms with Gasteiger partial charge in [-0.2, -0.15) is 0 Å². The predicted octanol–water partition coefficient (Wildman–Crippen LogP) is 3.76. The van der Waals surface area contributed by atoms with Crippen LogP contribution in [0.1, 0.15) is 76.4 Å². The van der Waals surface area contributed by atoms with Crippen LogP contribution in [0.15, 0.2) is 18.2 Å². The van der Waals surface area contributed by atoms with Crippen LogP contribution in [0.4, 0.5) is 0 Å². The molecule has 2 fully saturated rings. The molecular weight excluding hydrogens is 472 g/mol. The largest absolute Gasteiger partial charge is 0.507 e. The van der Waals surface area contributed by atoms with Crippen LogP contribution in [0.5, 0.6) is 5.75 Å². The van der Waals surface area contributed by atoms with Crippen molar-refractivity contribution in [3.05, 3.63) is 34.9 Å². The number of fused-ring (bicyclic) bond motifs is 3. The van der Waals surface area contributed by atoms with Gasteiger partial charge in [-0.1, -0.05) is 59.8 Å². The summed E-state index contributed by atoms with van der Waals surface area (Å²) in [5.41, 5.74) is -3.82. The van der Waals surface area contributed by atoms with E-state index in [9.17, 15) is 34.2 Å². The molecular formula is C30H36O7. The van der Waals surface area contributed by atoms with Gasteiger partial charge >= 0.3 is 0 Å². The zero-order chi connectivity index (χ0) is 27.8. The Morgan fingerprint density at radius 2 is 1.68 bits per heavy atom. The second-order valence-corrected chi connectivity index (χ2v) is 12.5. The van der Waals surface area contributed by atoms with Gasteiger partial charge in [-0.25, -0.2) is 0 Å². The highest BCUT2D eigenvalue weighted by atomic mass is 16.3. The molecule has 198 valence electrons. The van der Waals surface area contributed by atoms with Crippen molar-refractivity contribution in [1.82, 2.24) is 0 Å². The minimum absolute atomic E-state index is 0.0248. The van der Waals surface area contributed by atoms with Crippen LogP contribution in [0.2, 0.25) is 0 Å². The van der Waals surface area contributed by atoms with E-state index in [1.54, 1.807) is 33.8 Å². The van der Waals surface area contributed by atoms with Gasteiger partial charge in [-0.05, 0) is 54.2 Å². The zero-order valence-corrected chi connectivity index (χ0v) is 22.5. The van der Waals surface area contributed by atoms with Gasteiger partial charge in [-0.3, -0.25) is 24.0 Å². The van der Waals surface area contributed by atoms with Gasteiger partial charge in [0.05, 0.1) is 11.5 Å². The van der Waals surface area contributed by atoms with E-state index in [4.69, 9.17) is 0 Å². The number of benzene rings is 1. The minimum Gasteiger partial charge on any atom is -0.507 e. The quantitative estimate of drug-likeness (QED) is 0.593. The third kappa shape index (κ3) is 3.53. The fourth-order valence-electron chi connectivity index (χ4n) is 7.61. The molecule has 7 heteroatoms. The molecule has 37 heavy (non-hydrogen) atoms. The van der Waals surface area contributed by atoms with E-state index >= 15 is 0 Å². The van der Waals surface area contributed by atoms with Gasteiger partial charge in [-0.15, -0.1) is 0 Å². The SMILES string of the molecule is CC(=O)C1C(=O)C(C(C)C)[C@@]2(C)C[C@@]3(C)Cc4c(/C=C/C(C)C)ccc(O)c4C(=O)C3C(=O)[C@@]2(O)C1=O. The van der Waals surface area contributed by atoms with Gasteiger partial charge in [0, 0.05) is 11.3 Å². The summed E-state index contributed by atoms with van der Waals surface area (Å²) in [5, 5.41) is 22.7. The van der Waals surface area contributed by atoms with Gasteiger partial charge in [0.2, 0.25) is 0 Å². The van der Waals surface area contributed by atoms with Crippen molar-refractivity contribution in [2.75, 3.05) is 0 Å². The molecule has 0 radical (unpaired) electrons. The number of phenolic OH excluding ortho intramolecular Hbond substituents is 1. The number of carbonyl (C=O) groups excluding carboxylic acids is 5. The fraction of sp³-hybridized carbons (Fsp3) is 0.567. The second kappa shape index (κ2) is 8.55. The Bertz CT molecular complexity index is 1270. The van der Waals surface area contributed by atoms with Crippen LogP contribution in [0.3, 0.4) is 0 Å². The highest BCUT2D eigenvalue weighted by Gasteiger charge is 2.76. The van der Waals surface area contributed by atoms with Gasteiger partial charge in [0.15, 0.2) is 28.7 Å². The summed E-state index contributed by atoms with van der Waals surface area (Å²) in [4.78, 5) is 67.7. The van der Waals surface area contributed by atoms with Crippen LogP contribution >= 0.6 is 0 Å². The molecule has 0 aliphatic heterocycles. The van der Waals surface area contributed by atoms with E-state index in [0.29, 0.717) is 5.56 Å². The predicted molar refractivity (Wildman–Crippen MR) is 137 cm³/mol. The van der Waals surface area contributed by atoms with Crippen LogP contribution < -0.4 is 0 Å². The molecule has 0 bridgehead atoms. The molecule has 1 aromatic rings. The van der Waals surface area contributed by atoms with Crippen molar-refractivity contribution in [3.8, 4) is 5.75 Å². The Labute approximate surface area is 217 Å². The first kappa shape index (κ1) is 27.1. The van der Waals surface area contributed by atoms with Crippen LogP contribution in [-0.4, -0.2) is 44.7 Å². The van der Waals surface area contributed by atoms with Crippen molar-refractivity contribution < 1.29 is 34.2 Å². The molecule has 1 aromatic carbocycles. The Morgan fingerprint density at radius 1 is 1.05 bits per heavy atom. The molecule has 3 aliphatic rings. The van der Waals surface area contributed by atoms with Crippen molar-refractivity contribution in [2.45, 2.75) is 66.9 Å². The van der Waals surface area contributed by atoms with Gasteiger partial charge < -0.3 is 10.2 Å². The average molecular weight is 509 g/mol. The number of Topliss-reactive ketones (excluding diaryl/α,β-unsaturated/α-hetero) is 5. The standard InChI is InChI=1S/C30H36O7/c1-14(2)8-9-17-10-11-19(32)21-18(17)12-28(6)13-29(7)22(15(3)4)24(33)20(16(5)31)26(35)30(29,37)27(36)23(28)25(21)34/h8-11,14-15,20,22-23,32,37H,12-13H2,1-7H3/b9-8+/t20?,22?,23?,28-,29-,30+/m1/s1. The number of hydrogen-bond donors (Lipinski definition) is 2. The minimum atomic E-state index is -2.67. The molecule has 2 N–H and O–H groups in total. The third-order valence-electron chi connectivity index (χ3n) is 8.96. The lowest BCUT2D eigenvalue weighted by molar-refractivity contribution is -0.205. The summed E-state index contributed by atoms with van der Waals surface area (Å²) in [6, 6.07) is 3.14. The summed E-state index contributed by atoms with van der Waals surface area (Å²) in [6.45, 7) is 12.0. The van der Waals surface area contributed by atoms with E-state index in [-0.39, 0.29) is 36.0 Å². The molecule has 0 saturated heterocycles. The van der Waals surface area contributed by atoms with E-state index in [1.165, 1.54) is 6.07 Å². The number of aliphatic hydroxyl groups is 1. The lowest BCUT2D eigenvalue weighted by Crippen LogP contribution is -2.76. The van der Waals surface area contributed by atoms with Crippen molar-refractivity contribution in [2.24, 2.45) is 40.4 Å². The smallest absolute Gasteiger partial charge is 0.190 e. The molecule has 2 saturated carbocycles. The van der Waals surface area contributed by atoms with Gasteiger partial charge in [0.1, 0.15) is 17.5 Å². The first-order valence-corrected chi connectivity index (χ1v) is 13.0. The summed E-state index contributed by atoms with van der Waals surface area (Å²) >= 11 is 0. The fourth-order valence-corrected chi connectivity index (χ4v) is 7.61. The maximum absolute atomic E-state index is 14.2. The second-order valence-electron chi connectivity index (χ2n) is 12.5. The highest BCUT2D eigenvalue weighted by Crippen LogP contribution is 2.63. The topological polar surface area (TPSA) is 126 Å². The maximum atomic E-state index is 14.2. The Kier molecular flexibility index (Phi) is 6.27. The molecule has 3 unspecified atom stereocenters. The first-order chi connectivity index (χ1) is 17.0. The van der Waals surface area contributed by atoms with Crippen LogP contribution in [0, 0.1) is 40.4 Å². The van der Waals surface area contributed by atoms with Gasteiger partial charge in [0.25, 0.3) is 0 Å². The first-order valence-electron chi connectivity index (χ1n) is 13.0. The average Bonchev–Trinajstić information content (AvgIpc) is 2.75. The van der Waals surface area contributed by atoms with E-state index in [2.05, 4.69) is 0 Å². The van der Waals surface area contributed by atoms with E-state index in [0.717, 1.165) is 12.5 Å². The Morgan fingerprint density at radius 3 is 2.22 bits per heavy atom. The van der Waals surface area contributed by atoms with Crippen molar-refractivity contribution in [1.29, 1.82) is 0 Å². The van der Waals surface area contributed by atoms with E-state index in [1.807, 2.05) is 26.0 Å². The monoisotopic (exact) mass is 508 g/mol. The number of rotatable bonds is 4. The molecule has 0 amide bonds. The lowest BCUT2D eigenvalue weighted by atomic mass is 9.40. The van der Waals surface area contributed by atoms with Crippen LogP contribution in [-0.2, 0) is 25.6 Å². The number of aromatic hydroxyl groups is 1. The molecule has 4 rings (SSSR count). The number of phenols is 1. The van der Waals surface area contributed by atoms with Crippen molar-refractivity contribution in [3.63, 3.8) is 0 Å². The normalized spacial score (nSPS) is 35.7. The molecule has 3 aliphatic carbocycles. The summed E-state index contributed by atoms with van der Waals surface area (Å²) < 4.78 is 0. The van der Waals surface area contributed by atoms with Crippen molar-refractivity contribution >= 4 is 35.0 Å². The zero-order valence-electron chi connectivity index (χ0n) is 22.5. The molecule has 6 atom stereocenters. The Balaban J connectivity index is 1.97. The molecule has 7 nitrogen and oxygen atoms in total. The van der Waals surface area contributed by atoms with Crippen LogP contribution in [0.25, 0.3) is 6.08 Å². The maximum Gasteiger partial charge on any atom is 0.190 e. The summed E-state index contributed by atoms with van der Waals surface area (Å²) in [5.74, 6) is -8.51. The third-order valence-corrected chi connectivity index (χ3v) is 8.96. The number of carbonyl (C=O) groups is 5. The molecule has 0 heterocycles. The molecule has 0 spiro atoms. The number of allylic oxidation sites excluding steroid dienone is 1. The summed E-state index contributed by atoms with van der Waals surface area (Å²) in [7, 11) is 0. The molecule has 0 aromatic heterocycles. The lowest BCUT2D eigenvalue weighted by Gasteiger charge is -2.61. The number of hydrogen-bond acceptors (Lipinski definition) is 7. The van der Waals surface area contributed by atoms with E-state index < -0.39 is 63.1 Å². The summed E-state index contributed by atoms with van der Waals surface area (Å²) in [6.07, 6.45) is 4.16. The number of ketones is 5.